The minimum atomic E-state index is -1.06. The number of likely N-dealkylation sites (N-methyl/N-ethyl adjacent to an activating group) is 1. The van der Waals surface area contributed by atoms with Crippen LogP contribution in [-0.2, 0) is 36.9 Å². The van der Waals surface area contributed by atoms with Crippen LogP contribution in [-0.4, -0.2) is 104 Å². The van der Waals surface area contributed by atoms with Crippen LogP contribution in [0.15, 0.2) is 54.6 Å². The zero-order valence-electron chi connectivity index (χ0n) is 28.7. The number of rotatable bonds is 7. The fourth-order valence-corrected chi connectivity index (χ4v) is 5.34. The maximum Gasteiger partial charge on any atom is 0.251 e. The molecule has 1 aliphatic rings. The Hall–Kier alpha value is -4.78. The van der Waals surface area contributed by atoms with E-state index < -0.39 is 59.6 Å². The second-order valence-corrected chi connectivity index (χ2v) is 12.9. The topological polar surface area (TPSA) is 169 Å². The van der Waals surface area contributed by atoms with Crippen LogP contribution in [0.25, 0.3) is 0 Å². The summed E-state index contributed by atoms with van der Waals surface area (Å²) in [6.45, 7) is 5.54. The smallest absolute Gasteiger partial charge is 0.251 e. The van der Waals surface area contributed by atoms with E-state index in [9.17, 15) is 28.8 Å². The zero-order chi connectivity index (χ0) is 35.4. The van der Waals surface area contributed by atoms with Crippen LogP contribution >= 0.6 is 0 Å². The molecule has 6 amide bonds. The van der Waals surface area contributed by atoms with Gasteiger partial charge in [0, 0.05) is 32.1 Å². The van der Waals surface area contributed by atoms with Crippen molar-refractivity contribution in [2.45, 2.75) is 70.7 Å². The van der Waals surface area contributed by atoms with Gasteiger partial charge < -0.3 is 36.4 Å². The highest BCUT2D eigenvalue weighted by Gasteiger charge is 2.32. The molecule has 0 aromatic heterocycles. The Labute approximate surface area is 282 Å². The highest BCUT2D eigenvalue weighted by molar-refractivity contribution is 5.99. The summed E-state index contributed by atoms with van der Waals surface area (Å²) >= 11 is 0. The number of amides is 6. The number of hydrogen-bond acceptors (Lipinski definition) is 7. The number of nitrogens with zero attached hydrogens (tertiary/aromatic N) is 2. The van der Waals surface area contributed by atoms with E-state index in [-0.39, 0.29) is 31.8 Å². The summed E-state index contributed by atoms with van der Waals surface area (Å²) in [5.74, 6) is -3.46. The molecule has 1 fully saturated rings. The largest absolute Gasteiger partial charge is 0.355 e. The fourth-order valence-electron chi connectivity index (χ4n) is 5.34. The molecule has 0 radical (unpaired) electrons. The maximum absolute atomic E-state index is 13.6. The van der Waals surface area contributed by atoms with Gasteiger partial charge in [0.15, 0.2) is 0 Å². The van der Waals surface area contributed by atoms with Crippen molar-refractivity contribution in [1.82, 2.24) is 36.4 Å². The minimum Gasteiger partial charge on any atom is -0.355 e. The second kappa shape index (κ2) is 17.9. The van der Waals surface area contributed by atoms with Gasteiger partial charge in [0.2, 0.25) is 29.5 Å². The minimum absolute atomic E-state index is 0.161. The lowest BCUT2D eigenvalue weighted by Crippen LogP contribution is -2.59. The predicted molar refractivity (Wildman–Crippen MR) is 181 cm³/mol. The molecule has 1 heterocycles. The second-order valence-electron chi connectivity index (χ2n) is 12.9. The van der Waals surface area contributed by atoms with Crippen molar-refractivity contribution < 1.29 is 28.8 Å². The van der Waals surface area contributed by atoms with E-state index in [2.05, 4.69) is 26.6 Å². The Morgan fingerprint density at radius 1 is 0.917 bits per heavy atom. The van der Waals surface area contributed by atoms with Crippen LogP contribution in [0.5, 0.6) is 0 Å². The third-order valence-electron chi connectivity index (χ3n) is 7.95. The van der Waals surface area contributed by atoms with E-state index in [0.29, 0.717) is 18.5 Å². The fraction of sp³-hybridized carbons (Fsp3) is 0.486. The van der Waals surface area contributed by atoms with Gasteiger partial charge in [-0.15, -0.1) is 0 Å². The molecule has 13 nitrogen and oxygen atoms in total. The van der Waals surface area contributed by atoms with Crippen molar-refractivity contribution in [2.24, 2.45) is 5.92 Å². The molecule has 0 aliphatic carbocycles. The molecular weight excluding hydrogens is 614 g/mol. The number of hydrogen-bond donors (Lipinski definition) is 5. The van der Waals surface area contributed by atoms with Crippen molar-refractivity contribution in [3.63, 3.8) is 0 Å². The molecule has 1 saturated heterocycles. The van der Waals surface area contributed by atoms with Crippen molar-refractivity contribution >= 4 is 35.4 Å². The van der Waals surface area contributed by atoms with Crippen LogP contribution < -0.4 is 26.6 Å². The van der Waals surface area contributed by atoms with Crippen LogP contribution in [0.1, 0.15) is 55.1 Å². The van der Waals surface area contributed by atoms with E-state index in [1.165, 1.54) is 18.9 Å². The number of benzene rings is 2. The SMILES string of the molecule is CC(C)[C@H]1NC(=O)[C@@H](NC(=O)c2cccc(CN(C)C)c2)CCCNC(=O)CN(C)C(=O)[C@H](Cc2ccccc2)NC(=O)[C@@H](C)NC1=O. The highest BCUT2D eigenvalue weighted by atomic mass is 16.2. The molecule has 4 atom stereocenters. The van der Waals surface area contributed by atoms with Crippen molar-refractivity contribution in [3.8, 4) is 0 Å². The highest BCUT2D eigenvalue weighted by Crippen LogP contribution is 2.11. The molecule has 0 bridgehead atoms. The molecule has 2 aromatic rings. The number of carbonyl (C=O) groups is 6. The van der Waals surface area contributed by atoms with Gasteiger partial charge in [-0.3, -0.25) is 28.8 Å². The monoisotopic (exact) mass is 663 g/mol. The van der Waals surface area contributed by atoms with Gasteiger partial charge in [-0.2, -0.15) is 0 Å². The summed E-state index contributed by atoms with van der Waals surface area (Å²) in [5.41, 5.74) is 2.11. The van der Waals surface area contributed by atoms with Gasteiger partial charge in [-0.1, -0.05) is 56.3 Å². The number of carbonyl (C=O) groups excluding carboxylic acids is 6. The van der Waals surface area contributed by atoms with Crippen LogP contribution in [0.3, 0.4) is 0 Å². The van der Waals surface area contributed by atoms with Gasteiger partial charge in [0.1, 0.15) is 24.2 Å². The average molecular weight is 664 g/mol. The maximum atomic E-state index is 13.6. The Balaban J connectivity index is 1.85. The van der Waals surface area contributed by atoms with E-state index in [4.69, 9.17) is 0 Å². The summed E-state index contributed by atoms with van der Waals surface area (Å²) < 4.78 is 0. The van der Waals surface area contributed by atoms with Crippen molar-refractivity contribution in [1.29, 1.82) is 0 Å². The molecule has 5 N–H and O–H groups in total. The Bertz CT molecular complexity index is 1450. The first kappa shape index (κ1) is 37.7. The summed E-state index contributed by atoms with van der Waals surface area (Å²) in [6.07, 6.45) is 0.662. The molecule has 13 heteroatoms. The molecule has 0 unspecified atom stereocenters. The standard InChI is InChI=1S/C35H49N7O6/c1-22(2)30-34(47)37-23(3)31(44)39-28(19-24-12-8-7-9-13-24)35(48)42(6)21-29(43)36-17-11-16-27(33(46)40-30)38-32(45)26-15-10-14-25(18-26)20-41(4)5/h7-10,12-15,18,22-23,27-28,30H,11,16-17,19-21H2,1-6H3,(H,36,43)(H,37,47)(H,38,45)(H,39,44)(H,40,46)/t23-,27+,28+,30-/m1/s1. The van der Waals surface area contributed by atoms with Gasteiger partial charge in [0.05, 0.1) is 6.54 Å². The van der Waals surface area contributed by atoms with E-state index in [1.54, 1.807) is 32.0 Å². The van der Waals surface area contributed by atoms with Gasteiger partial charge in [-0.05, 0) is 63.0 Å². The predicted octanol–water partition coefficient (Wildman–Crippen LogP) is 0.588. The lowest BCUT2D eigenvalue weighted by Gasteiger charge is -2.28. The third kappa shape index (κ3) is 11.5. The molecule has 260 valence electrons. The normalized spacial score (nSPS) is 22.2. The Morgan fingerprint density at radius 2 is 1.60 bits per heavy atom. The first-order valence-corrected chi connectivity index (χ1v) is 16.3. The third-order valence-corrected chi connectivity index (χ3v) is 7.95. The first-order chi connectivity index (χ1) is 22.7. The molecule has 2 aromatic carbocycles. The summed E-state index contributed by atoms with van der Waals surface area (Å²) in [7, 11) is 5.32. The molecule has 0 saturated carbocycles. The number of nitrogens with one attached hydrogen (secondary N) is 5. The summed E-state index contributed by atoms with van der Waals surface area (Å²) in [5, 5.41) is 13.7. The van der Waals surface area contributed by atoms with E-state index in [1.807, 2.05) is 55.4 Å². The van der Waals surface area contributed by atoms with Crippen LogP contribution in [0.4, 0.5) is 0 Å². The van der Waals surface area contributed by atoms with E-state index >= 15 is 0 Å². The van der Waals surface area contributed by atoms with Crippen molar-refractivity contribution in [3.05, 3.63) is 71.3 Å². The van der Waals surface area contributed by atoms with Crippen molar-refractivity contribution in [2.75, 3.05) is 34.2 Å². The lowest BCUT2D eigenvalue weighted by atomic mass is 10.0. The Kier molecular flexibility index (Phi) is 14.1. The summed E-state index contributed by atoms with van der Waals surface area (Å²) in [4.78, 5) is 83.1. The molecule has 1 aliphatic heterocycles. The summed E-state index contributed by atoms with van der Waals surface area (Å²) in [6, 6.07) is 12.1. The lowest BCUT2D eigenvalue weighted by molar-refractivity contribution is -0.139. The van der Waals surface area contributed by atoms with E-state index in [0.717, 1.165) is 11.1 Å². The van der Waals surface area contributed by atoms with Gasteiger partial charge in [-0.25, -0.2) is 0 Å². The quantitative estimate of drug-likeness (QED) is 0.289. The first-order valence-electron chi connectivity index (χ1n) is 16.3. The zero-order valence-corrected chi connectivity index (χ0v) is 28.7. The van der Waals surface area contributed by atoms with Gasteiger partial charge in [0.25, 0.3) is 5.91 Å². The molecular formula is C35H49N7O6. The van der Waals surface area contributed by atoms with Gasteiger partial charge >= 0.3 is 0 Å². The van der Waals surface area contributed by atoms with Crippen LogP contribution in [0, 0.1) is 5.92 Å². The Morgan fingerprint density at radius 3 is 2.27 bits per heavy atom. The molecule has 3 rings (SSSR count). The average Bonchev–Trinajstić information content (AvgIpc) is 3.03. The molecule has 0 spiro atoms. The van der Waals surface area contributed by atoms with Crippen LogP contribution in [0.2, 0.25) is 0 Å². The molecule has 48 heavy (non-hydrogen) atoms.